The molecule has 1 N–H and O–H groups in total. The zero-order valence-electron chi connectivity index (χ0n) is 15.3. The third-order valence-electron chi connectivity index (χ3n) is 3.82. The van der Waals surface area contributed by atoms with E-state index in [2.05, 4.69) is 5.32 Å². The Balaban J connectivity index is 2.29. The van der Waals surface area contributed by atoms with Crippen molar-refractivity contribution in [3.8, 4) is 11.5 Å². The van der Waals surface area contributed by atoms with Crippen LogP contribution in [0.2, 0.25) is 0 Å². The van der Waals surface area contributed by atoms with Crippen LogP contribution in [0.5, 0.6) is 11.5 Å². The summed E-state index contributed by atoms with van der Waals surface area (Å²) in [5.41, 5.74) is -0.578. The molecule has 0 saturated heterocycles. The van der Waals surface area contributed by atoms with Crippen molar-refractivity contribution in [1.29, 1.82) is 0 Å². The van der Waals surface area contributed by atoms with E-state index in [0.717, 1.165) is 12.1 Å². The number of carbonyl (C=O) groups excluding carboxylic acids is 2. The molecule has 0 bridgehead atoms. The first-order valence-corrected chi connectivity index (χ1v) is 8.00. The van der Waals surface area contributed by atoms with Crippen LogP contribution in [0, 0.1) is 0 Å². The van der Waals surface area contributed by atoms with Gasteiger partial charge in [0, 0.05) is 12.1 Å². The van der Waals surface area contributed by atoms with Crippen molar-refractivity contribution in [2.75, 3.05) is 26.6 Å². The summed E-state index contributed by atoms with van der Waals surface area (Å²) in [6.45, 7) is 0. The fourth-order valence-electron chi connectivity index (χ4n) is 2.50. The number of rotatable bonds is 6. The molecule has 2 aromatic carbocycles. The monoisotopic (exact) mass is 397 g/mol. The summed E-state index contributed by atoms with van der Waals surface area (Å²) in [5.74, 6) is -0.838. The summed E-state index contributed by atoms with van der Waals surface area (Å²) in [6, 6.07) is 7.16. The zero-order valence-corrected chi connectivity index (χ0v) is 15.3. The molecule has 0 aliphatic rings. The van der Waals surface area contributed by atoms with Crippen LogP contribution >= 0.6 is 0 Å². The molecule has 2 rings (SSSR count). The van der Waals surface area contributed by atoms with Crippen LogP contribution in [0.3, 0.4) is 0 Å². The van der Waals surface area contributed by atoms with Gasteiger partial charge in [0.2, 0.25) is 5.91 Å². The van der Waals surface area contributed by atoms with Gasteiger partial charge < -0.3 is 19.5 Å². The van der Waals surface area contributed by atoms with Gasteiger partial charge in [-0.2, -0.15) is 13.2 Å². The quantitative estimate of drug-likeness (QED) is 0.753. The highest BCUT2D eigenvalue weighted by Crippen LogP contribution is 2.34. The van der Waals surface area contributed by atoms with E-state index in [-0.39, 0.29) is 34.7 Å². The van der Waals surface area contributed by atoms with Gasteiger partial charge in [-0.1, -0.05) is 18.2 Å². The fraction of sp³-hybridized carbons (Fsp3) is 0.263. The molecule has 0 aliphatic carbocycles. The largest absolute Gasteiger partial charge is 0.493 e. The maximum atomic E-state index is 12.8. The number of benzene rings is 2. The molecule has 1 amide bonds. The fourth-order valence-corrected chi connectivity index (χ4v) is 2.50. The predicted octanol–water partition coefficient (Wildman–Crippen LogP) is 3.69. The third kappa shape index (κ3) is 4.93. The molecule has 0 aliphatic heterocycles. The van der Waals surface area contributed by atoms with Gasteiger partial charge in [0.1, 0.15) is 0 Å². The van der Waals surface area contributed by atoms with Gasteiger partial charge in [-0.3, -0.25) is 4.79 Å². The number of hydrogen-bond acceptors (Lipinski definition) is 5. The summed E-state index contributed by atoms with van der Waals surface area (Å²) in [6.07, 6.45) is -4.83. The molecule has 0 unspecified atom stereocenters. The highest BCUT2D eigenvalue weighted by molar-refractivity contribution is 6.02. The lowest BCUT2D eigenvalue weighted by Gasteiger charge is -2.15. The molecule has 0 radical (unpaired) electrons. The van der Waals surface area contributed by atoms with Crippen molar-refractivity contribution in [1.82, 2.24) is 0 Å². The van der Waals surface area contributed by atoms with Crippen LogP contribution in [-0.2, 0) is 22.1 Å². The summed E-state index contributed by atoms with van der Waals surface area (Å²) in [7, 11) is 3.93. The van der Waals surface area contributed by atoms with Crippen LogP contribution < -0.4 is 14.8 Å². The number of hydrogen-bond donors (Lipinski definition) is 1. The summed E-state index contributed by atoms with van der Waals surface area (Å²) >= 11 is 0. The minimum atomic E-state index is -4.51. The number of esters is 1. The first kappa shape index (κ1) is 21.1. The average molecular weight is 397 g/mol. The molecule has 0 heterocycles. The minimum absolute atomic E-state index is 0.0116. The number of amides is 1. The number of anilines is 1. The topological polar surface area (TPSA) is 73.9 Å². The number of nitrogens with one attached hydrogen (secondary N) is 1. The number of halogens is 3. The molecule has 0 spiro atoms. The van der Waals surface area contributed by atoms with Crippen molar-refractivity contribution in [3.05, 3.63) is 53.1 Å². The van der Waals surface area contributed by atoms with E-state index in [9.17, 15) is 22.8 Å². The Morgan fingerprint density at radius 2 is 1.64 bits per heavy atom. The van der Waals surface area contributed by atoms with Crippen LogP contribution in [0.15, 0.2) is 36.4 Å². The number of carbonyl (C=O) groups is 2. The van der Waals surface area contributed by atoms with Crippen LogP contribution in [-0.4, -0.2) is 33.2 Å². The lowest BCUT2D eigenvalue weighted by atomic mass is 10.1. The molecule has 6 nitrogen and oxygen atoms in total. The molecular formula is C19H18F3NO5. The van der Waals surface area contributed by atoms with E-state index in [0.29, 0.717) is 0 Å². The summed E-state index contributed by atoms with van der Waals surface area (Å²) in [4.78, 5) is 24.3. The molecule has 28 heavy (non-hydrogen) atoms. The highest BCUT2D eigenvalue weighted by atomic mass is 19.4. The second-order valence-electron chi connectivity index (χ2n) is 5.67. The molecule has 0 fully saturated rings. The van der Waals surface area contributed by atoms with E-state index in [4.69, 9.17) is 14.2 Å². The average Bonchev–Trinajstić information content (AvgIpc) is 2.66. The van der Waals surface area contributed by atoms with Gasteiger partial charge in [-0.05, 0) is 11.6 Å². The predicted molar refractivity (Wildman–Crippen MR) is 94.7 cm³/mol. The second kappa shape index (κ2) is 8.64. The Hall–Kier alpha value is -3.23. The Labute approximate surface area is 159 Å². The zero-order chi connectivity index (χ0) is 20.9. The van der Waals surface area contributed by atoms with Crippen LogP contribution in [0.25, 0.3) is 0 Å². The normalized spacial score (nSPS) is 10.9. The molecule has 2 aromatic rings. The summed E-state index contributed by atoms with van der Waals surface area (Å²) in [5, 5.41) is 2.50. The molecule has 9 heteroatoms. The van der Waals surface area contributed by atoms with Gasteiger partial charge in [0.05, 0.1) is 44.6 Å². The lowest BCUT2D eigenvalue weighted by Crippen LogP contribution is -2.18. The van der Waals surface area contributed by atoms with Gasteiger partial charge in [-0.25, -0.2) is 4.79 Å². The van der Waals surface area contributed by atoms with E-state index in [1.165, 1.54) is 45.6 Å². The number of alkyl halides is 3. The van der Waals surface area contributed by atoms with Gasteiger partial charge >= 0.3 is 12.1 Å². The van der Waals surface area contributed by atoms with E-state index in [1.807, 2.05) is 0 Å². The maximum absolute atomic E-state index is 12.8. The Bertz CT molecular complexity index is 880. The van der Waals surface area contributed by atoms with E-state index < -0.39 is 23.6 Å². The van der Waals surface area contributed by atoms with Crippen LogP contribution in [0.1, 0.15) is 21.5 Å². The van der Waals surface area contributed by atoms with Crippen molar-refractivity contribution >= 4 is 17.6 Å². The number of methoxy groups -OCH3 is 3. The van der Waals surface area contributed by atoms with Gasteiger partial charge in [0.15, 0.2) is 11.5 Å². The second-order valence-corrected chi connectivity index (χ2v) is 5.67. The van der Waals surface area contributed by atoms with Crippen molar-refractivity contribution in [3.63, 3.8) is 0 Å². The molecule has 0 aromatic heterocycles. The van der Waals surface area contributed by atoms with E-state index in [1.54, 1.807) is 0 Å². The summed E-state index contributed by atoms with van der Waals surface area (Å²) < 4.78 is 53.4. The smallest absolute Gasteiger partial charge is 0.416 e. The highest BCUT2D eigenvalue weighted by Gasteiger charge is 2.30. The molecular weight excluding hydrogens is 379 g/mol. The molecule has 0 saturated carbocycles. The van der Waals surface area contributed by atoms with Crippen molar-refractivity contribution in [2.24, 2.45) is 0 Å². The molecule has 150 valence electrons. The third-order valence-corrected chi connectivity index (χ3v) is 3.82. The maximum Gasteiger partial charge on any atom is 0.416 e. The number of ether oxygens (including phenoxy) is 3. The van der Waals surface area contributed by atoms with Crippen LogP contribution in [0.4, 0.5) is 18.9 Å². The Morgan fingerprint density at radius 3 is 2.21 bits per heavy atom. The van der Waals surface area contributed by atoms with Crippen molar-refractivity contribution < 1.29 is 37.0 Å². The first-order chi connectivity index (χ1) is 13.2. The Morgan fingerprint density at radius 1 is 1.00 bits per heavy atom. The first-order valence-electron chi connectivity index (χ1n) is 8.00. The van der Waals surface area contributed by atoms with Gasteiger partial charge in [0.25, 0.3) is 0 Å². The SMILES string of the molecule is COC(=O)c1cc(OC)c(OC)cc1NC(=O)Cc1cccc(C(F)(F)F)c1. The van der Waals surface area contributed by atoms with E-state index >= 15 is 0 Å². The van der Waals surface area contributed by atoms with Gasteiger partial charge in [-0.15, -0.1) is 0 Å². The standard InChI is InChI=1S/C19H18F3NO5/c1-26-15-9-13(18(25)28-3)14(10-16(15)27-2)23-17(24)8-11-5-4-6-12(7-11)19(20,21)22/h4-7,9-10H,8H2,1-3H3,(H,23,24). The van der Waals surface area contributed by atoms with Crippen molar-refractivity contribution in [2.45, 2.75) is 12.6 Å². The molecule has 0 atom stereocenters. The minimum Gasteiger partial charge on any atom is -0.493 e. The Kier molecular flexibility index (Phi) is 6.50. The lowest BCUT2D eigenvalue weighted by molar-refractivity contribution is -0.137.